The summed E-state index contributed by atoms with van der Waals surface area (Å²) in [7, 11) is 4.00. The minimum atomic E-state index is -0.0755. The van der Waals surface area contributed by atoms with Crippen molar-refractivity contribution in [2.45, 2.75) is 24.9 Å². The topological polar surface area (TPSA) is 44.8 Å². The third-order valence-electron chi connectivity index (χ3n) is 6.65. The summed E-state index contributed by atoms with van der Waals surface area (Å²) in [6.45, 7) is 4.38. The van der Waals surface area contributed by atoms with Crippen LogP contribution in [-0.2, 0) is 0 Å². The summed E-state index contributed by atoms with van der Waals surface area (Å²) in [5, 5.41) is 3.00. The molecule has 1 saturated heterocycles. The monoisotopic (exact) mass is 471 g/mol. The zero-order valence-corrected chi connectivity index (χ0v) is 20.9. The summed E-state index contributed by atoms with van der Waals surface area (Å²) in [4.78, 5) is 17.3. The SMILES string of the molecule is CN(C)CCNC(=O)c1ccccc1OC1CCN(CC(c2ccccc2)c2ccccc2)CC1. The molecule has 3 aromatic rings. The van der Waals surface area contributed by atoms with Gasteiger partial charge in [0, 0.05) is 38.6 Å². The van der Waals surface area contributed by atoms with Crippen molar-refractivity contribution in [2.75, 3.05) is 46.8 Å². The van der Waals surface area contributed by atoms with Crippen molar-refractivity contribution in [3.8, 4) is 5.75 Å². The molecular weight excluding hydrogens is 434 g/mol. The van der Waals surface area contributed by atoms with Gasteiger partial charge < -0.3 is 19.9 Å². The molecular formula is C30H37N3O2. The van der Waals surface area contributed by atoms with Crippen LogP contribution in [0.4, 0.5) is 0 Å². The molecule has 0 unspecified atom stereocenters. The molecule has 0 atom stereocenters. The number of hydrogen-bond acceptors (Lipinski definition) is 4. The van der Waals surface area contributed by atoms with E-state index in [2.05, 4.69) is 75.8 Å². The van der Waals surface area contributed by atoms with Gasteiger partial charge in [0.1, 0.15) is 11.9 Å². The van der Waals surface area contributed by atoms with Gasteiger partial charge in [0.25, 0.3) is 5.91 Å². The standard InChI is InChI=1S/C30H37N3O2/c1-32(2)22-19-31-30(34)27-15-9-10-16-29(27)35-26-17-20-33(21-18-26)23-28(24-11-5-3-6-12-24)25-13-7-4-8-14-25/h3-16,26,28H,17-23H2,1-2H3,(H,31,34). The van der Waals surface area contributed by atoms with Crippen molar-refractivity contribution >= 4 is 5.91 Å². The third kappa shape index (κ3) is 7.17. The first-order valence-corrected chi connectivity index (χ1v) is 12.6. The lowest BCUT2D eigenvalue weighted by atomic mass is 9.90. The van der Waals surface area contributed by atoms with E-state index in [1.165, 1.54) is 11.1 Å². The molecule has 0 bridgehead atoms. The highest BCUT2D eigenvalue weighted by Crippen LogP contribution is 2.28. The molecule has 1 N–H and O–H groups in total. The maximum Gasteiger partial charge on any atom is 0.255 e. The molecule has 5 heteroatoms. The minimum absolute atomic E-state index is 0.0755. The van der Waals surface area contributed by atoms with E-state index in [4.69, 9.17) is 4.74 Å². The van der Waals surface area contributed by atoms with Crippen LogP contribution in [0.15, 0.2) is 84.9 Å². The fourth-order valence-electron chi connectivity index (χ4n) is 4.67. The van der Waals surface area contributed by atoms with E-state index in [1.807, 2.05) is 38.4 Å². The Hall–Kier alpha value is -3.15. The molecule has 5 nitrogen and oxygen atoms in total. The molecule has 0 radical (unpaired) electrons. The highest BCUT2D eigenvalue weighted by atomic mass is 16.5. The predicted molar refractivity (Wildman–Crippen MR) is 142 cm³/mol. The molecule has 0 spiro atoms. The van der Waals surface area contributed by atoms with Gasteiger partial charge in [-0.25, -0.2) is 0 Å². The fraction of sp³-hybridized carbons (Fsp3) is 0.367. The fourth-order valence-corrected chi connectivity index (χ4v) is 4.67. The number of nitrogens with one attached hydrogen (secondary N) is 1. The van der Waals surface area contributed by atoms with Crippen LogP contribution in [0, 0.1) is 0 Å². The summed E-state index contributed by atoms with van der Waals surface area (Å²) < 4.78 is 6.36. The average molecular weight is 472 g/mol. The second-order valence-electron chi connectivity index (χ2n) is 9.55. The molecule has 1 aliphatic heterocycles. The van der Waals surface area contributed by atoms with Crippen molar-refractivity contribution in [2.24, 2.45) is 0 Å². The molecule has 0 aromatic heterocycles. The number of rotatable bonds is 10. The highest BCUT2D eigenvalue weighted by molar-refractivity contribution is 5.96. The van der Waals surface area contributed by atoms with E-state index >= 15 is 0 Å². The van der Waals surface area contributed by atoms with Crippen molar-refractivity contribution in [1.29, 1.82) is 0 Å². The summed E-state index contributed by atoms with van der Waals surface area (Å²) in [5.41, 5.74) is 3.32. The number of carbonyl (C=O) groups is 1. The number of likely N-dealkylation sites (tertiary alicyclic amines) is 1. The summed E-state index contributed by atoms with van der Waals surface area (Å²) >= 11 is 0. The Morgan fingerprint density at radius 2 is 1.49 bits per heavy atom. The van der Waals surface area contributed by atoms with Crippen molar-refractivity contribution in [3.05, 3.63) is 102 Å². The molecule has 0 saturated carbocycles. The van der Waals surface area contributed by atoms with Gasteiger partial charge in [0.2, 0.25) is 0 Å². The Labute approximate surface area is 209 Å². The van der Waals surface area contributed by atoms with Gasteiger partial charge in [-0.15, -0.1) is 0 Å². The van der Waals surface area contributed by atoms with Crippen LogP contribution in [0.1, 0.15) is 40.2 Å². The third-order valence-corrected chi connectivity index (χ3v) is 6.65. The van der Waals surface area contributed by atoms with Crippen molar-refractivity contribution < 1.29 is 9.53 Å². The van der Waals surface area contributed by atoms with Gasteiger partial charge in [0.15, 0.2) is 0 Å². The highest BCUT2D eigenvalue weighted by Gasteiger charge is 2.25. The Morgan fingerprint density at radius 3 is 2.09 bits per heavy atom. The second kappa shape index (κ2) is 12.5. The van der Waals surface area contributed by atoms with Gasteiger partial charge in [-0.3, -0.25) is 4.79 Å². The number of ether oxygens (including phenoxy) is 1. The summed E-state index contributed by atoms with van der Waals surface area (Å²) in [6.07, 6.45) is 2.02. The number of nitrogens with zero attached hydrogens (tertiary/aromatic N) is 2. The van der Waals surface area contributed by atoms with Gasteiger partial charge in [-0.2, -0.15) is 0 Å². The van der Waals surface area contributed by atoms with Gasteiger partial charge >= 0.3 is 0 Å². The van der Waals surface area contributed by atoms with Gasteiger partial charge in [-0.05, 0) is 50.2 Å². The van der Waals surface area contributed by atoms with Crippen LogP contribution >= 0.6 is 0 Å². The summed E-state index contributed by atoms with van der Waals surface area (Å²) in [5.74, 6) is 0.953. The lowest BCUT2D eigenvalue weighted by Crippen LogP contribution is -2.40. The van der Waals surface area contributed by atoms with Crippen molar-refractivity contribution in [1.82, 2.24) is 15.1 Å². The number of amides is 1. The molecule has 0 aliphatic carbocycles. The molecule has 4 rings (SSSR count). The van der Waals surface area contributed by atoms with E-state index in [-0.39, 0.29) is 12.0 Å². The van der Waals surface area contributed by atoms with Crippen LogP contribution < -0.4 is 10.1 Å². The molecule has 1 fully saturated rings. The molecule has 1 aliphatic rings. The number of likely N-dealkylation sites (N-methyl/N-ethyl adjacent to an activating group) is 1. The van der Waals surface area contributed by atoms with E-state index in [0.29, 0.717) is 23.8 Å². The molecule has 1 amide bonds. The zero-order chi connectivity index (χ0) is 24.5. The van der Waals surface area contributed by atoms with E-state index in [9.17, 15) is 4.79 Å². The Kier molecular flexibility index (Phi) is 8.93. The minimum Gasteiger partial charge on any atom is -0.489 e. The molecule has 35 heavy (non-hydrogen) atoms. The lowest BCUT2D eigenvalue weighted by molar-refractivity contribution is 0.0898. The largest absolute Gasteiger partial charge is 0.489 e. The molecule has 184 valence electrons. The van der Waals surface area contributed by atoms with Crippen LogP contribution in [0.5, 0.6) is 5.75 Å². The number of benzene rings is 3. The Bertz CT molecular complexity index is 1010. The van der Waals surface area contributed by atoms with Gasteiger partial charge in [-0.1, -0.05) is 72.8 Å². The Morgan fingerprint density at radius 1 is 0.914 bits per heavy atom. The molecule has 3 aromatic carbocycles. The van der Waals surface area contributed by atoms with Crippen LogP contribution in [0.3, 0.4) is 0 Å². The van der Waals surface area contributed by atoms with Crippen LogP contribution in [0.2, 0.25) is 0 Å². The van der Waals surface area contributed by atoms with E-state index in [0.717, 1.165) is 39.0 Å². The summed E-state index contributed by atoms with van der Waals surface area (Å²) in [6, 6.07) is 29.2. The smallest absolute Gasteiger partial charge is 0.255 e. The first-order chi connectivity index (χ1) is 17.1. The maximum atomic E-state index is 12.7. The first-order valence-electron chi connectivity index (χ1n) is 12.6. The lowest BCUT2D eigenvalue weighted by Gasteiger charge is -2.35. The number of carbonyl (C=O) groups excluding carboxylic acids is 1. The molecule has 1 heterocycles. The van der Waals surface area contributed by atoms with Crippen molar-refractivity contribution in [3.63, 3.8) is 0 Å². The first kappa shape index (κ1) is 25.0. The average Bonchev–Trinajstić information content (AvgIpc) is 2.89. The Balaban J connectivity index is 1.35. The van der Waals surface area contributed by atoms with Crippen LogP contribution in [-0.4, -0.2) is 68.6 Å². The quantitative estimate of drug-likeness (QED) is 0.467. The normalized spacial score (nSPS) is 14.9. The number of hydrogen-bond donors (Lipinski definition) is 1. The van der Waals surface area contributed by atoms with E-state index in [1.54, 1.807) is 0 Å². The van der Waals surface area contributed by atoms with E-state index < -0.39 is 0 Å². The number of piperidine rings is 1. The predicted octanol–water partition coefficient (Wildman–Crippen LogP) is 4.65. The van der Waals surface area contributed by atoms with Crippen LogP contribution in [0.25, 0.3) is 0 Å². The zero-order valence-electron chi connectivity index (χ0n) is 20.9. The maximum absolute atomic E-state index is 12.7. The number of para-hydroxylation sites is 1. The second-order valence-corrected chi connectivity index (χ2v) is 9.55. The van der Waals surface area contributed by atoms with Gasteiger partial charge in [0.05, 0.1) is 5.56 Å².